The number of aliphatic hydroxyl groups excluding tert-OH is 1. The number of halogens is 1. The van der Waals surface area contributed by atoms with Crippen LogP contribution in [0.4, 0.5) is 10.1 Å². The molecule has 3 rings (SSSR count). The molecule has 6 nitrogen and oxygen atoms in total. The Labute approximate surface area is 147 Å². The SMILES string of the molecule is C[C@@H](NC(=O)[C@@H]1CNCCO1)c1cc(F)ccc1N1CCC(O)CC1. The second-order valence-electron chi connectivity index (χ2n) is 6.72. The van der Waals surface area contributed by atoms with Gasteiger partial charge in [0.25, 0.3) is 5.91 Å². The summed E-state index contributed by atoms with van der Waals surface area (Å²) < 4.78 is 19.3. The molecule has 138 valence electrons. The van der Waals surface area contributed by atoms with Gasteiger partial charge >= 0.3 is 0 Å². The van der Waals surface area contributed by atoms with Crippen molar-refractivity contribution in [2.45, 2.75) is 38.0 Å². The van der Waals surface area contributed by atoms with Crippen LogP contribution in [0.1, 0.15) is 31.4 Å². The van der Waals surface area contributed by atoms with E-state index in [1.807, 2.05) is 6.92 Å². The Balaban J connectivity index is 1.73. The van der Waals surface area contributed by atoms with Crippen LogP contribution in [0.25, 0.3) is 0 Å². The third-order valence-corrected chi connectivity index (χ3v) is 4.84. The average molecular weight is 351 g/mol. The van der Waals surface area contributed by atoms with Crippen LogP contribution in [0.2, 0.25) is 0 Å². The van der Waals surface area contributed by atoms with Gasteiger partial charge < -0.3 is 25.4 Å². The van der Waals surface area contributed by atoms with Crippen molar-refractivity contribution in [1.29, 1.82) is 0 Å². The van der Waals surface area contributed by atoms with Crippen LogP contribution in [-0.2, 0) is 9.53 Å². The van der Waals surface area contributed by atoms with E-state index in [1.165, 1.54) is 12.1 Å². The number of hydrogen-bond donors (Lipinski definition) is 3. The lowest BCUT2D eigenvalue weighted by molar-refractivity contribution is -0.134. The fourth-order valence-corrected chi connectivity index (χ4v) is 3.38. The molecule has 7 heteroatoms. The highest BCUT2D eigenvalue weighted by Crippen LogP contribution is 2.29. The first-order valence-electron chi connectivity index (χ1n) is 8.90. The molecule has 0 bridgehead atoms. The van der Waals surface area contributed by atoms with Crippen LogP contribution in [-0.4, -0.2) is 56.0 Å². The summed E-state index contributed by atoms with van der Waals surface area (Å²) in [6, 6.07) is 4.33. The van der Waals surface area contributed by atoms with Crippen molar-refractivity contribution in [1.82, 2.24) is 10.6 Å². The number of piperidine rings is 1. The van der Waals surface area contributed by atoms with E-state index in [9.17, 15) is 14.3 Å². The molecule has 0 unspecified atom stereocenters. The molecular weight excluding hydrogens is 325 g/mol. The molecule has 0 aliphatic carbocycles. The average Bonchev–Trinajstić information content (AvgIpc) is 2.63. The van der Waals surface area contributed by atoms with E-state index >= 15 is 0 Å². The zero-order valence-electron chi connectivity index (χ0n) is 14.5. The number of ether oxygens (including phenoxy) is 1. The predicted molar refractivity (Wildman–Crippen MR) is 93.0 cm³/mol. The molecule has 2 fully saturated rings. The Morgan fingerprint density at radius 2 is 2.20 bits per heavy atom. The second-order valence-corrected chi connectivity index (χ2v) is 6.72. The van der Waals surface area contributed by atoms with Gasteiger partial charge in [0.2, 0.25) is 0 Å². The van der Waals surface area contributed by atoms with Crippen LogP contribution in [0.5, 0.6) is 0 Å². The number of aliphatic hydroxyl groups is 1. The van der Waals surface area contributed by atoms with E-state index in [2.05, 4.69) is 15.5 Å². The normalized spacial score (nSPS) is 23.3. The number of carbonyl (C=O) groups is 1. The van der Waals surface area contributed by atoms with Crippen LogP contribution < -0.4 is 15.5 Å². The first-order chi connectivity index (χ1) is 12.0. The van der Waals surface area contributed by atoms with Gasteiger partial charge in [0.15, 0.2) is 0 Å². The van der Waals surface area contributed by atoms with Gasteiger partial charge in [0.1, 0.15) is 11.9 Å². The van der Waals surface area contributed by atoms with Crippen molar-refractivity contribution in [3.05, 3.63) is 29.6 Å². The van der Waals surface area contributed by atoms with Gasteiger partial charge in [-0.1, -0.05) is 0 Å². The summed E-state index contributed by atoms with van der Waals surface area (Å²) in [6.07, 6.45) is 0.602. The van der Waals surface area contributed by atoms with Crippen LogP contribution in [0.15, 0.2) is 18.2 Å². The monoisotopic (exact) mass is 351 g/mol. The number of nitrogens with zero attached hydrogens (tertiary/aromatic N) is 1. The number of nitrogens with one attached hydrogen (secondary N) is 2. The standard InChI is InChI=1S/C18H26FN3O3/c1-12(21-18(24)17-11-20-6-9-25-17)15-10-13(19)2-3-16(15)22-7-4-14(23)5-8-22/h2-3,10,12,14,17,20,23H,4-9,11H2,1H3,(H,21,24)/t12-,17+/m1/s1. The molecule has 25 heavy (non-hydrogen) atoms. The van der Waals surface area contributed by atoms with Gasteiger partial charge in [-0.3, -0.25) is 4.79 Å². The van der Waals surface area contributed by atoms with Crippen molar-refractivity contribution in [2.24, 2.45) is 0 Å². The van der Waals surface area contributed by atoms with Crippen molar-refractivity contribution < 1.29 is 19.0 Å². The summed E-state index contributed by atoms with van der Waals surface area (Å²) in [6.45, 7) is 5.03. The van der Waals surface area contributed by atoms with Gasteiger partial charge in [-0.05, 0) is 38.0 Å². The first kappa shape index (κ1) is 18.1. The number of rotatable bonds is 4. The molecule has 2 aliphatic rings. The number of anilines is 1. The van der Waals surface area contributed by atoms with Crippen LogP contribution in [0.3, 0.4) is 0 Å². The molecule has 1 aromatic rings. The molecule has 2 heterocycles. The molecular formula is C18H26FN3O3. The van der Waals surface area contributed by atoms with Gasteiger partial charge in [-0.25, -0.2) is 4.39 Å². The molecule has 0 aromatic heterocycles. The van der Waals surface area contributed by atoms with E-state index in [0.717, 1.165) is 30.9 Å². The zero-order chi connectivity index (χ0) is 17.8. The molecule has 0 saturated carbocycles. The summed E-state index contributed by atoms with van der Waals surface area (Å²) >= 11 is 0. The fourth-order valence-electron chi connectivity index (χ4n) is 3.38. The maximum Gasteiger partial charge on any atom is 0.250 e. The largest absolute Gasteiger partial charge is 0.393 e. The Morgan fingerprint density at radius 1 is 1.44 bits per heavy atom. The van der Waals surface area contributed by atoms with E-state index in [0.29, 0.717) is 26.0 Å². The number of benzene rings is 1. The highest BCUT2D eigenvalue weighted by molar-refractivity contribution is 5.81. The second kappa shape index (κ2) is 8.12. The van der Waals surface area contributed by atoms with Gasteiger partial charge in [-0.15, -0.1) is 0 Å². The topological polar surface area (TPSA) is 73.8 Å². The van der Waals surface area contributed by atoms with E-state index in [-0.39, 0.29) is 23.9 Å². The van der Waals surface area contributed by atoms with Gasteiger partial charge in [0, 0.05) is 37.4 Å². The Hall–Kier alpha value is -1.70. The van der Waals surface area contributed by atoms with E-state index in [1.54, 1.807) is 6.07 Å². The number of morpholine rings is 1. The summed E-state index contributed by atoms with van der Waals surface area (Å²) in [5, 5.41) is 15.8. The minimum Gasteiger partial charge on any atom is -0.393 e. The molecule has 3 N–H and O–H groups in total. The van der Waals surface area contributed by atoms with Gasteiger partial charge in [0.05, 0.1) is 18.8 Å². The van der Waals surface area contributed by atoms with E-state index in [4.69, 9.17) is 4.74 Å². The third-order valence-electron chi connectivity index (χ3n) is 4.84. The summed E-state index contributed by atoms with van der Waals surface area (Å²) in [5.74, 6) is -0.517. The minimum absolute atomic E-state index is 0.191. The maximum atomic E-state index is 13.8. The molecule has 0 spiro atoms. The van der Waals surface area contributed by atoms with Crippen molar-refractivity contribution in [2.75, 3.05) is 37.7 Å². The van der Waals surface area contributed by atoms with Crippen LogP contribution in [0, 0.1) is 5.82 Å². The fraction of sp³-hybridized carbons (Fsp3) is 0.611. The highest BCUT2D eigenvalue weighted by atomic mass is 19.1. The molecule has 1 aromatic carbocycles. The number of amides is 1. The predicted octanol–water partition coefficient (Wildman–Crippen LogP) is 0.952. The lowest BCUT2D eigenvalue weighted by atomic mass is 10.0. The number of hydrogen-bond acceptors (Lipinski definition) is 5. The smallest absolute Gasteiger partial charge is 0.250 e. The van der Waals surface area contributed by atoms with Crippen molar-refractivity contribution >= 4 is 11.6 Å². The van der Waals surface area contributed by atoms with Gasteiger partial charge in [-0.2, -0.15) is 0 Å². The zero-order valence-corrected chi connectivity index (χ0v) is 14.5. The lowest BCUT2D eigenvalue weighted by Gasteiger charge is -2.34. The van der Waals surface area contributed by atoms with Crippen molar-refractivity contribution in [3.63, 3.8) is 0 Å². The molecule has 2 atom stereocenters. The van der Waals surface area contributed by atoms with Crippen molar-refractivity contribution in [3.8, 4) is 0 Å². The van der Waals surface area contributed by atoms with Crippen LogP contribution >= 0.6 is 0 Å². The number of carbonyl (C=O) groups excluding carboxylic acids is 1. The molecule has 0 radical (unpaired) electrons. The quantitative estimate of drug-likeness (QED) is 0.753. The van der Waals surface area contributed by atoms with E-state index < -0.39 is 6.10 Å². The Bertz CT molecular complexity index is 599. The highest BCUT2D eigenvalue weighted by Gasteiger charge is 2.26. The Kier molecular flexibility index (Phi) is 5.88. The first-order valence-corrected chi connectivity index (χ1v) is 8.90. The molecule has 2 saturated heterocycles. The summed E-state index contributed by atoms with van der Waals surface area (Å²) in [4.78, 5) is 14.5. The maximum absolute atomic E-state index is 13.8. The third kappa shape index (κ3) is 4.48. The minimum atomic E-state index is -0.515. The molecule has 2 aliphatic heterocycles. The Morgan fingerprint density at radius 3 is 2.88 bits per heavy atom. The summed E-state index contributed by atoms with van der Waals surface area (Å²) in [7, 11) is 0. The summed E-state index contributed by atoms with van der Waals surface area (Å²) in [5.41, 5.74) is 1.65. The molecule has 1 amide bonds. The lowest BCUT2D eigenvalue weighted by Crippen LogP contribution is -2.48.